The Kier molecular flexibility index (Phi) is 5.68. The summed E-state index contributed by atoms with van der Waals surface area (Å²) in [4.78, 5) is 22.0. The van der Waals surface area contributed by atoms with Crippen LogP contribution in [-0.4, -0.2) is 54.8 Å². The summed E-state index contributed by atoms with van der Waals surface area (Å²) in [6, 6.07) is 19.0. The first-order chi connectivity index (χ1) is 16.0. The van der Waals surface area contributed by atoms with E-state index in [0.717, 1.165) is 28.4 Å². The Balaban J connectivity index is 1.44. The van der Waals surface area contributed by atoms with Gasteiger partial charge in [-0.25, -0.2) is 4.99 Å². The lowest BCUT2D eigenvalue weighted by Crippen LogP contribution is -2.50. The summed E-state index contributed by atoms with van der Waals surface area (Å²) in [5.41, 5.74) is 3.31. The number of amidine groups is 1. The predicted octanol–water partition coefficient (Wildman–Crippen LogP) is 5.30. The molecule has 1 fully saturated rings. The van der Waals surface area contributed by atoms with Crippen molar-refractivity contribution >= 4 is 29.0 Å². The average molecular weight is 462 g/mol. The summed E-state index contributed by atoms with van der Waals surface area (Å²) < 4.78 is 11.7. The Hall–Kier alpha value is -3.51. The number of nitrogens with zero attached hydrogens (tertiary/aromatic N) is 3. The summed E-state index contributed by atoms with van der Waals surface area (Å²) in [5.74, 6) is 2.93. The molecule has 1 amide bonds. The second-order valence-electron chi connectivity index (χ2n) is 8.13. The number of hydrogen-bond donors (Lipinski definition) is 0. The van der Waals surface area contributed by atoms with Gasteiger partial charge in [0.15, 0.2) is 5.75 Å². The van der Waals surface area contributed by atoms with Crippen molar-refractivity contribution in [2.24, 2.45) is 4.99 Å². The molecule has 0 aliphatic carbocycles. The molecule has 0 spiro atoms. The molecule has 0 atom stereocenters. The Morgan fingerprint density at radius 3 is 2.55 bits per heavy atom. The highest BCUT2D eigenvalue weighted by molar-refractivity contribution is 6.33. The van der Waals surface area contributed by atoms with Crippen LogP contribution in [0.1, 0.15) is 21.5 Å². The summed E-state index contributed by atoms with van der Waals surface area (Å²) in [7, 11) is 1.64. The van der Waals surface area contributed by atoms with Crippen molar-refractivity contribution in [3.05, 3.63) is 82.4 Å². The van der Waals surface area contributed by atoms with Crippen molar-refractivity contribution in [3.63, 3.8) is 0 Å². The van der Waals surface area contributed by atoms with Crippen molar-refractivity contribution in [2.75, 3.05) is 33.3 Å². The quantitative estimate of drug-likeness (QED) is 0.519. The van der Waals surface area contributed by atoms with Crippen LogP contribution >= 0.6 is 11.6 Å². The van der Waals surface area contributed by atoms with Gasteiger partial charge < -0.3 is 19.3 Å². The number of carbonyl (C=O) groups excluding carboxylic acids is 1. The minimum Gasteiger partial charge on any atom is -0.497 e. The van der Waals surface area contributed by atoms with Gasteiger partial charge in [-0.3, -0.25) is 4.79 Å². The minimum atomic E-state index is -0.0441. The zero-order valence-electron chi connectivity index (χ0n) is 18.5. The summed E-state index contributed by atoms with van der Waals surface area (Å²) in [6.07, 6.45) is 0. The molecule has 1 saturated heterocycles. The predicted molar refractivity (Wildman–Crippen MR) is 129 cm³/mol. The van der Waals surface area contributed by atoms with E-state index < -0.39 is 0 Å². The standard InChI is InChI=1S/C26H24ClN3O3/c1-17-7-10-22-24(15-17)33-23-16-18(32-2)8-9-20(23)25(28-22)29-11-13-30(14-12-29)26(31)19-5-3-4-6-21(19)27/h3-10,15-16H,11-14H2,1-2H3. The van der Waals surface area contributed by atoms with Crippen LogP contribution in [0.2, 0.25) is 5.02 Å². The number of halogens is 1. The third kappa shape index (κ3) is 4.14. The molecule has 0 N–H and O–H groups in total. The van der Waals surface area contributed by atoms with Gasteiger partial charge in [-0.1, -0.05) is 29.8 Å². The third-order valence-corrected chi connectivity index (χ3v) is 6.29. The lowest BCUT2D eigenvalue weighted by molar-refractivity contribution is 0.0692. The highest BCUT2D eigenvalue weighted by atomic mass is 35.5. The molecular formula is C26H24ClN3O3. The second-order valence-corrected chi connectivity index (χ2v) is 8.54. The molecule has 0 radical (unpaired) electrons. The lowest BCUT2D eigenvalue weighted by atomic mass is 10.1. The number of methoxy groups -OCH3 is 1. The number of carbonyl (C=O) groups is 1. The molecule has 0 aromatic heterocycles. The van der Waals surface area contributed by atoms with E-state index in [4.69, 9.17) is 26.1 Å². The van der Waals surface area contributed by atoms with Crippen molar-refractivity contribution in [1.29, 1.82) is 0 Å². The molecule has 2 heterocycles. The maximum atomic E-state index is 13.0. The van der Waals surface area contributed by atoms with Gasteiger partial charge in [0.2, 0.25) is 0 Å². The molecule has 3 aromatic rings. The SMILES string of the molecule is COc1ccc2c(c1)Oc1cc(C)ccc1N=C2N1CCN(C(=O)c2ccccc2Cl)CC1. The van der Waals surface area contributed by atoms with Crippen LogP contribution < -0.4 is 9.47 Å². The smallest absolute Gasteiger partial charge is 0.255 e. The lowest BCUT2D eigenvalue weighted by Gasteiger charge is -2.36. The van der Waals surface area contributed by atoms with E-state index in [1.54, 1.807) is 19.2 Å². The molecule has 168 valence electrons. The molecule has 0 unspecified atom stereocenters. The van der Waals surface area contributed by atoms with E-state index in [2.05, 4.69) is 4.90 Å². The number of ether oxygens (including phenoxy) is 2. The monoisotopic (exact) mass is 461 g/mol. The molecule has 2 aliphatic rings. The average Bonchev–Trinajstić information content (AvgIpc) is 2.99. The number of hydrogen-bond acceptors (Lipinski definition) is 5. The van der Waals surface area contributed by atoms with Crippen molar-refractivity contribution < 1.29 is 14.3 Å². The van der Waals surface area contributed by atoms with Crippen LogP contribution in [0.15, 0.2) is 65.7 Å². The van der Waals surface area contributed by atoms with Gasteiger partial charge >= 0.3 is 0 Å². The number of piperazine rings is 1. The molecule has 0 bridgehead atoms. The molecule has 6 nitrogen and oxygen atoms in total. The number of fused-ring (bicyclic) bond motifs is 2. The summed E-state index contributed by atoms with van der Waals surface area (Å²) >= 11 is 6.25. The van der Waals surface area contributed by atoms with E-state index in [9.17, 15) is 4.79 Å². The van der Waals surface area contributed by atoms with E-state index in [1.165, 1.54) is 0 Å². The van der Waals surface area contributed by atoms with Crippen LogP contribution in [-0.2, 0) is 0 Å². The van der Waals surface area contributed by atoms with E-state index in [-0.39, 0.29) is 5.91 Å². The third-order valence-electron chi connectivity index (χ3n) is 5.96. The zero-order chi connectivity index (χ0) is 22.9. The van der Waals surface area contributed by atoms with Gasteiger partial charge in [0.1, 0.15) is 23.0 Å². The van der Waals surface area contributed by atoms with Crippen molar-refractivity contribution in [2.45, 2.75) is 6.92 Å². The fraction of sp³-hybridized carbons (Fsp3) is 0.231. The van der Waals surface area contributed by atoms with Crippen molar-refractivity contribution in [3.8, 4) is 17.2 Å². The minimum absolute atomic E-state index is 0.0441. The Morgan fingerprint density at radius 1 is 1.00 bits per heavy atom. The Labute approximate surface area is 198 Å². The van der Waals surface area contributed by atoms with Gasteiger partial charge in [0.25, 0.3) is 5.91 Å². The normalized spacial score (nSPS) is 15.1. The van der Waals surface area contributed by atoms with E-state index in [1.807, 2.05) is 60.4 Å². The van der Waals surface area contributed by atoms with Gasteiger partial charge in [-0.05, 0) is 48.9 Å². The van der Waals surface area contributed by atoms with Crippen LogP contribution in [0.3, 0.4) is 0 Å². The highest BCUT2D eigenvalue weighted by Gasteiger charge is 2.28. The van der Waals surface area contributed by atoms with Crippen LogP contribution in [0, 0.1) is 6.92 Å². The molecule has 7 heteroatoms. The topological polar surface area (TPSA) is 54.4 Å². The van der Waals surface area contributed by atoms with Crippen molar-refractivity contribution in [1.82, 2.24) is 9.80 Å². The van der Waals surface area contributed by atoms with Crippen LogP contribution in [0.4, 0.5) is 5.69 Å². The first-order valence-corrected chi connectivity index (χ1v) is 11.3. The summed E-state index contributed by atoms with van der Waals surface area (Å²) in [6.45, 7) is 4.50. The number of aliphatic imine (C=N–C) groups is 1. The summed E-state index contributed by atoms with van der Waals surface area (Å²) in [5, 5.41) is 0.477. The number of amides is 1. The molecule has 0 saturated carbocycles. The Bertz CT molecular complexity index is 1250. The van der Waals surface area contributed by atoms with Gasteiger partial charge in [-0.2, -0.15) is 0 Å². The maximum absolute atomic E-state index is 13.0. The Morgan fingerprint density at radius 2 is 1.79 bits per heavy atom. The molecular weight excluding hydrogens is 438 g/mol. The van der Waals surface area contributed by atoms with E-state index in [0.29, 0.717) is 48.3 Å². The molecule has 2 aliphatic heterocycles. The van der Waals surface area contributed by atoms with Gasteiger partial charge in [0, 0.05) is 32.2 Å². The largest absolute Gasteiger partial charge is 0.497 e. The van der Waals surface area contributed by atoms with Crippen LogP contribution in [0.25, 0.3) is 0 Å². The fourth-order valence-corrected chi connectivity index (χ4v) is 4.37. The number of benzene rings is 3. The first kappa shape index (κ1) is 21.3. The molecule has 33 heavy (non-hydrogen) atoms. The molecule has 5 rings (SSSR count). The second kappa shape index (κ2) is 8.79. The van der Waals surface area contributed by atoms with Crippen LogP contribution in [0.5, 0.6) is 17.2 Å². The number of rotatable bonds is 2. The maximum Gasteiger partial charge on any atom is 0.255 e. The first-order valence-electron chi connectivity index (χ1n) is 10.9. The molecule has 3 aromatic carbocycles. The highest BCUT2D eigenvalue weighted by Crippen LogP contribution is 2.40. The van der Waals surface area contributed by atoms with Gasteiger partial charge in [-0.15, -0.1) is 0 Å². The number of aryl methyl sites for hydroxylation is 1. The fourth-order valence-electron chi connectivity index (χ4n) is 4.15. The van der Waals surface area contributed by atoms with E-state index >= 15 is 0 Å². The van der Waals surface area contributed by atoms with Gasteiger partial charge in [0.05, 0.1) is 23.3 Å². The zero-order valence-corrected chi connectivity index (χ0v) is 19.3.